The number of carbonyl (C=O) groups is 1. The number of rotatable bonds is 2. The second kappa shape index (κ2) is 6.63. The number of hydrogen-bond donors (Lipinski definition) is 0. The molecule has 2 aromatic carbocycles. The van der Waals surface area contributed by atoms with Crippen LogP contribution in [0.25, 0.3) is 6.08 Å². The van der Waals surface area contributed by atoms with Crippen LogP contribution in [-0.4, -0.2) is 36.2 Å². The van der Waals surface area contributed by atoms with Crippen molar-refractivity contribution < 1.29 is 14.3 Å². The van der Waals surface area contributed by atoms with Crippen LogP contribution in [0.4, 0.5) is 5.69 Å². The smallest absolute Gasteiger partial charge is 0.281 e. The van der Waals surface area contributed by atoms with E-state index in [1.165, 1.54) is 17.5 Å². The molecule has 1 aliphatic carbocycles. The van der Waals surface area contributed by atoms with Crippen LogP contribution in [0.5, 0.6) is 11.5 Å². The van der Waals surface area contributed by atoms with E-state index in [9.17, 15) is 4.79 Å². The predicted octanol–water partition coefficient (Wildman–Crippen LogP) is 3.55. The second-order valence-corrected chi connectivity index (χ2v) is 7.59. The Morgan fingerprint density at radius 3 is 2.64 bits per heavy atom. The van der Waals surface area contributed by atoms with Crippen molar-refractivity contribution in [2.75, 3.05) is 25.2 Å². The van der Waals surface area contributed by atoms with Gasteiger partial charge in [0.25, 0.3) is 5.91 Å². The summed E-state index contributed by atoms with van der Waals surface area (Å²) in [5.74, 6) is 1.32. The van der Waals surface area contributed by atoms with Crippen LogP contribution in [0.3, 0.4) is 0 Å². The van der Waals surface area contributed by atoms with E-state index in [2.05, 4.69) is 12.1 Å². The number of thiocarbonyl (C=S) groups is 1. The first-order valence-corrected chi connectivity index (χ1v) is 9.88. The fraction of sp³-hybridized carbons (Fsp3) is 0.273. The maximum atomic E-state index is 13.2. The molecule has 0 N–H and O–H groups in total. The summed E-state index contributed by atoms with van der Waals surface area (Å²) in [6, 6.07) is 11.9. The number of ether oxygens (including phenoxy) is 2. The Morgan fingerprint density at radius 1 is 1.00 bits per heavy atom. The fourth-order valence-electron chi connectivity index (χ4n) is 3.99. The molecule has 0 spiro atoms. The molecule has 2 aromatic rings. The highest BCUT2D eigenvalue weighted by Crippen LogP contribution is 2.34. The van der Waals surface area contributed by atoms with Crippen LogP contribution in [-0.2, 0) is 17.6 Å². The van der Waals surface area contributed by atoms with Crippen LogP contribution in [0.2, 0.25) is 0 Å². The number of aryl methyl sites for hydroxylation is 2. The Balaban J connectivity index is 1.49. The van der Waals surface area contributed by atoms with Crippen LogP contribution >= 0.6 is 12.2 Å². The van der Waals surface area contributed by atoms with Gasteiger partial charge in [0.05, 0.1) is 5.69 Å². The molecule has 0 radical (unpaired) electrons. The highest BCUT2D eigenvalue weighted by Gasteiger charge is 2.37. The lowest BCUT2D eigenvalue weighted by Gasteiger charge is -2.18. The molecule has 3 aliphatic rings. The molecule has 5 rings (SSSR count). The number of benzene rings is 2. The number of fused-ring (bicyclic) bond motifs is 2. The summed E-state index contributed by atoms with van der Waals surface area (Å²) in [7, 11) is 1.83. The summed E-state index contributed by atoms with van der Waals surface area (Å²) < 4.78 is 11.2. The van der Waals surface area contributed by atoms with Gasteiger partial charge in [0.2, 0.25) is 0 Å². The number of hydrogen-bond acceptors (Lipinski definition) is 4. The standard InChI is InChI=1S/C22H20N2O3S/c1-23-18(11-14-5-8-19-20(12-14)27-10-9-26-19)21(25)24(22(23)28)17-7-6-15-3-2-4-16(15)13-17/h5-8,11-13H,2-4,9-10H2,1H3/b18-11-. The molecule has 28 heavy (non-hydrogen) atoms. The molecule has 1 saturated heterocycles. The summed E-state index contributed by atoms with van der Waals surface area (Å²) in [5, 5.41) is 0.492. The summed E-state index contributed by atoms with van der Waals surface area (Å²) in [6.45, 7) is 1.08. The number of carbonyl (C=O) groups excluding carboxylic acids is 1. The van der Waals surface area contributed by atoms with Gasteiger partial charge in [-0.2, -0.15) is 0 Å². The highest BCUT2D eigenvalue weighted by atomic mass is 32.1. The van der Waals surface area contributed by atoms with E-state index >= 15 is 0 Å². The fourth-order valence-corrected chi connectivity index (χ4v) is 4.28. The quantitative estimate of drug-likeness (QED) is 0.578. The van der Waals surface area contributed by atoms with Crippen molar-refractivity contribution in [3.8, 4) is 11.5 Å². The van der Waals surface area contributed by atoms with Gasteiger partial charge in [0.1, 0.15) is 18.9 Å². The summed E-state index contributed by atoms with van der Waals surface area (Å²) >= 11 is 5.59. The lowest BCUT2D eigenvalue weighted by atomic mass is 10.1. The molecular formula is C22H20N2O3S. The first-order chi connectivity index (χ1) is 13.6. The van der Waals surface area contributed by atoms with E-state index < -0.39 is 0 Å². The minimum Gasteiger partial charge on any atom is -0.486 e. The van der Waals surface area contributed by atoms with E-state index in [0.29, 0.717) is 29.8 Å². The normalized spacial score (nSPS) is 19.5. The Morgan fingerprint density at radius 2 is 1.79 bits per heavy atom. The lowest BCUT2D eigenvalue weighted by molar-refractivity contribution is -0.114. The molecule has 0 unspecified atom stereocenters. The van der Waals surface area contributed by atoms with Gasteiger partial charge < -0.3 is 14.4 Å². The molecule has 1 amide bonds. The van der Waals surface area contributed by atoms with Crippen molar-refractivity contribution in [1.82, 2.24) is 4.90 Å². The minimum absolute atomic E-state index is 0.111. The predicted molar refractivity (Wildman–Crippen MR) is 112 cm³/mol. The number of likely N-dealkylation sites (N-methyl/N-ethyl adjacent to an activating group) is 1. The van der Waals surface area contributed by atoms with Gasteiger partial charge in [0, 0.05) is 7.05 Å². The molecule has 0 saturated carbocycles. The molecular weight excluding hydrogens is 372 g/mol. The molecule has 0 aromatic heterocycles. The van der Waals surface area contributed by atoms with Crippen molar-refractivity contribution >= 4 is 35.0 Å². The van der Waals surface area contributed by atoms with Crippen molar-refractivity contribution in [3.05, 3.63) is 58.8 Å². The van der Waals surface area contributed by atoms with E-state index in [1.807, 2.05) is 37.4 Å². The van der Waals surface area contributed by atoms with Gasteiger partial charge in [-0.3, -0.25) is 9.69 Å². The topological polar surface area (TPSA) is 42.0 Å². The SMILES string of the molecule is CN1C(=S)N(c2ccc3c(c2)CCC3)C(=O)/C1=C/c1ccc2c(c1)OCCO2. The van der Waals surface area contributed by atoms with Crippen molar-refractivity contribution in [2.45, 2.75) is 19.3 Å². The molecule has 0 atom stereocenters. The molecule has 1 fully saturated rings. The minimum atomic E-state index is -0.111. The second-order valence-electron chi connectivity index (χ2n) is 7.22. The highest BCUT2D eigenvalue weighted by molar-refractivity contribution is 7.80. The molecule has 0 bridgehead atoms. The van der Waals surface area contributed by atoms with Gasteiger partial charge in [-0.05, 0) is 78.5 Å². The van der Waals surface area contributed by atoms with Gasteiger partial charge in [-0.15, -0.1) is 0 Å². The van der Waals surface area contributed by atoms with Crippen LogP contribution in [0.1, 0.15) is 23.1 Å². The zero-order chi connectivity index (χ0) is 19.3. The Kier molecular flexibility index (Phi) is 4.09. The zero-order valence-electron chi connectivity index (χ0n) is 15.6. The lowest BCUT2D eigenvalue weighted by Crippen LogP contribution is -2.31. The number of amides is 1. The first kappa shape index (κ1) is 17.3. The summed E-state index contributed by atoms with van der Waals surface area (Å²) in [4.78, 5) is 16.6. The van der Waals surface area contributed by atoms with E-state index in [4.69, 9.17) is 21.7 Å². The summed E-state index contributed by atoms with van der Waals surface area (Å²) in [6.07, 6.45) is 5.20. The van der Waals surface area contributed by atoms with E-state index in [0.717, 1.165) is 29.8 Å². The van der Waals surface area contributed by atoms with Crippen LogP contribution in [0.15, 0.2) is 42.1 Å². The maximum absolute atomic E-state index is 13.2. The third-order valence-corrected chi connectivity index (χ3v) is 5.93. The van der Waals surface area contributed by atoms with Gasteiger partial charge >= 0.3 is 0 Å². The molecule has 6 heteroatoms. The van der Waals surface area contributed by atoms with Crippen molar-refractivity contribution in [1.29, 1.82) is 0 Å². The van der Waals surface area contributed by atoms with Crippen molar-refractivity contribution in [3.63, 3.8) is 0 Å². The molecule has 142 valence electrons. The monoisotopic (exact) mass is 392 g/mol. The van der Waals surface area contributed by atoms with Crippen LogP contribution in [0, 0.1) is 0 Å². The molecule has 5 nitrogen and oxygen atoms in total. The van der Waals surface area contributed by atoms with Crippen molar-refractivity contribution in [2.24, 2.45) is 0 Å². The third-order valence-electron chi connectivity index (χ3n) is 5.47. The first-order valence-electron chi connectivity index (χ1n) is 9.47. The van der Waals surface area contributed by atoms with Gasteiger partial charge in [-0.1, -0.05) is 12.1 Å². The largest absolute Gasteiger partial charge is 0.486 e. The number of nitrogens with zero attached hydrogens (tertiary/aromatic N) is 2. The third kappa shape index (κ3) is 2.76. The number of anilines is 1. The average Bonchev–Trinajstić information content (AvgIpc) is 3.26. The van der Waals surface area contributed by atoms with Gasteiger partial charge in [0.15, 0.2) is 16.6 Å². The molecule has 2 aliphatic heterocycles. The van der Waals surface area contributed by atoms with Gasteiger partial charge in [-0.25, -0.2) is 0 Å². The Labute approximate surface area is 169 Å². The zero-order valence-corrected chi connectivity index (χ0v) is 16.4. The Bertz CT molecular complexity index is 1030. The summed E-state index contributed by atoms with van der Waals surface area (Å²) in [5.41, 5.74) is 4.95. The average molecular weight is 392 g/mol. The maximum Gasteiger partial charge on any atom is 0.281 e. The van der Waals surface area contributed by atoms with Crippen LogP contribution < -0.4 is 14.4 Å². The van der Waals surface area contributed by atoms with E-state index in [1.54, 1.807) is 9.80 Å². The molecule has 2 heterocycles. The Hall–Kier alpha value is -2.86. The van der Waals surface area contributed by atoms with E-state index in [-0.39, 0.29) is 5.91 Å².